The highest BCUT2D eigenvalue weighted by Gasteiger charge is 2.41. The molecule has 4 fully saturated rings. The zero-order chi connectivity index (χ0) is 72.1. The molecule has 1 unspecified atom stereocenters. The van der Waals surface area contributed by atoms with Crippen molar-refractivity contribution in [3.05, 3.63) is 47.6 Å². The van der Waals surface area contributed by atoms with Gasteiger partial charge in [0.25, 0.3) is 0 Å². The maximum Gasteiger partial charge on any atom is 0.160 e. The molecule has 4 saturated heterocycles. The maximum atomic E-state index is 10.2. The Bertz CT molecular complexity index is 2700. The molecule has 4 aromatic rings. The van der Waals surface area contributed by atoms with Gasteiger partial charge in [0.15, 0.2) is 25.2 Å². The molecule has 0 saturated carbocycles. The van der Waals surface area contributed by atoms with Crippen molar-refractivity contribution < 1.29 is 113 Å². The summed E-state index contributed by atoms with van der Waals surface area (Å²) in [7, 11) is 0. The molecular formula is C64H112N14O23. The highest BCUT2D eigenvalue weighted by atomic mass is 16.7. The third-order valence-electron chi connectivity index (χ3n) is 18.5. The van der Waals surface area contributed by atoms with Gasteiger partial charge >= 0.3 is 0 Å². The lowest BCUT2D eigenvalue weighted by atomic mass is 9.77. The van der Waals surface area contributed by atoms with Crippen LogP contribution < -0.4 is 0 Å². The number of aryl methyl sites for hydroxylation is 1. The van der Waals surface area contributed by atoms with Crippen LogP contribution >= 0.6 is 0 Å². The monoisotopic (exact) mass is 1440 g/mol. The first kappa shape index (κ1) is 82.2. The molecule has 4 aliphatic heterocycles. The third-order valence-corrected chi connectivity index (χ3v) is 18.5. The molecule has 0 amide bonds. The number of aromatic nitrogens is 12. The summed E-state index contributed by atoms with van der Waals surface area (Å²) in [6.45, 7) is 11.9. The number of aliphatic hydroxyl groups excluding tert-OH is 12. The van der Waals surface area contributed by atoms with Gasteiger partial charge in [0, 0.05) is 95.8 Å². The van der Waals surface area contributed by atoms with Gasteiger partial charge in [-0.3, -0.25) is 14.5 Å². The number of rotatable bonds is 49. The average molecular weight is 1450 g/mol. The first-order valence-corrected chi connectivity index (χ1v) is 35.6. The summed E-state index contributed by atoms with van der Waals surface area (Å²) >= 11 is 0. The van der Waals surface area contributed by atoms with E-state index in [4.69, 9.17) is 52.1 Å². The topological polar surface area (TPSA) is 474 Å². The Hall–Kier alpha value is -4.44. The van der Waals surface area contributed by atoms with Gasteiger partial charge in [-0.05, 0) is 50.5 Å². The fraction of sp³-hybridized carbons (Fsp3) is 0.875. The van der Waals surface area contributed by atoms with Crippen LogP contribution in [0.1, 0.15) is 121 Å². The summed E-state index contributed by atoms with van der Waals surface area (Å²) in [6.07, 6.45) is -1.14. The Labute approximate surface area is 587 Å². The predicted molar refractivity (Wildman–Crippen MR) is 349 cm³/mol. The molecule has 0 bridgehead atoms. The van der Waals surface area contributed by atoms with Gasteiger partial charge in [-0.1, -0.05) is 54.5 Å². The fourth-order valence-electron chi connectivity index (χ4n) is 13.0. The summed E-state index contributed by atoms with van der Waals surface area (Å²) in [4.78, 5) is 4.71. The first-order valence-electron chi connectivity index (χ1n) is 35.6. The van der Waals surface area contributed by atoms with Crippen LogP contribution in [0, 0.1) is 5.41 Å². The van der Waals surface area contributed by atoms with Crippen LogP contribution in [0.3, 0.4) is 0 Å². The number of aliphatic hydroxyl groups is 12. The van der Waals surface area contributed by atoms with E-state index in [9.17, 15) is 61.3 Å². The fourth-order valence-corrected chi connectivity index (χ4v) is 13.0. The minimum Gasteiger partial charge on any atom is -0.394 e. The molecule has 4 aromatic heterocycles. The molecule has 576 valence electrons. The first-order chi connectivity index (χ1) is 48.8. The second-order valence-corrected chi connectivity index (χ2v) is 27.0. The number of hydrogen-bond donors (Lipinski definition) is 12. The number of nitrogens with zero attached hydrogens (tertiary/aromatic N) is 14. The van der Waals surface area contributed by atoms with Crippen molar-refractivity contribution in [2.24, 2.45) is 5.41 Å². The zero-order valence-electron chi connectivity index (χ0n) is 58.5. The molecular weight excluding hydrogens is 1330 g/mol. The van der Waals surface area contributed by atoms with E-state index in [1.807, 2.05) is 29.5 Å². The van der Waals surface area contributed by atoms with Crippen molar-refractivity contribution >= 4 is 0 Å². The Balaban J connectivity index is 0.886. The predicted octanol–water partition coefficient (Wildman–Crippen LogP) is -3.27. The Morgan fingerprint density at radius 2 is 0.782 bits per heavy atom. The van der Waals surface area contributed by atoms with Crippen LogP contribution in [-0.4, -0.2) is 335 Å². The van der Waals surface area contributed by atoms with Crippen molar-refractivity contribution in [2.45, 2.75) is 255 Å². The number of hydrogen-bond acceptors (Lipinski definition) is 33. The second kappa shape index (κ2) is 43.2. The Morgan fingerprint density at radius 3 is 1.14 bits per heavy atom. The summed E-state index contributed by atoms with van der Waals surface area (Å²) in [5.74, 6) is 0. The number of ether oxygens (including phenoxy) is 11. The van der Waals surface area contributed by atoms with E-state index in [1.165, 1.54) is 0 Å². The lowest BCUT2D eigenvalue weighted by molar-refractivity contribution is -0.259. The van der Waals surface area contributed by atoms with Crippen molar-refractivity contribution in [3.63, 3.8) is 0 Å². The molecule has 37 heteroatoms. The number of unbranched alkanes of at least 4 members (excludes halogenated alkanes) is 3. The quantitative estimate of drug-likeness (QED) is 0.0193. The van der Waals surface area contributed by atoms with E-state index in [2.05, 4.69) is 71.8 Å². The zero-order valence-corrected chi connectivity index (χ0v) is 58.5. The van der Waals surface area contributed by atoms with Gasteiger partial charge in [0.05, 0.1) is 153 Å². The van der Waals surface area contributed by atoms with Gasteiger partial charge < -0.3 is 113 Å². The summed E-state index contributed by atoms with van der Waals surface area (Å²) in [5.41, 5.74) is 2.86. The smallest absolute Gasteiger partial charge is 0.160 e. The molecule has 17 atom stereocenters. The van der Waals surface area contributed by atoms with E-state index >= 15 is 0 Å². The van der Waals surface area contributed by atoms with E-state index in [0.29, 0.717) is 85.3 Å². The van der Waals surface area contributed by atoms with Gasteiger partial charge in [-0.25, -0.2) is 14.0 Å². The van der Waals surface area contributed by atoms with Crippen molar-refractivity contribution in [3.8, 4) is 0 Å². The highest BCUT2D eigenvalue weighted by Crippen LogP contribution is 2.36. The lowest BCUT2D eigenvalue weighted by Gasteiger charge is -2.42. The van der Waals surface area contributed by atoms with Crippen molar-refractivity contribution in [2.75, 3.05) is 99.0 Å². The molecule has 0 aromatic carbocycles. The molecule has 0 aliphatic carbocycles. The largest absolute Gasteiger partial charge is 0.394 e. The minimum absolute atomic E-state index is 0.0366. The van der Waals surface area contributed by atoms with Crippen molar-refractivity contribution in [1.82, 2.24) is 69.8 Å². The summed E-state index contributed by atoms with van der Waals surface area (Å²) in [6, 6.07) is 0.0366. The molecule has 0 spiro atoms. The normalized spacial score (nSPS) is 27.9. The standard InChI is InChI=1S/C64H112N14O23/c1-4-11-64(2,3)55(74(33-45-37-75(69-67-45)13-7-5-9-17-94-56-27-47(83)60(87)51(39-79)98-56)34-46-38-78(72-68-46)16-20-93-23-26-97-59-30-50(86)63(90)54(42-82)101-59)10-6-8-12-73(31-43-35-76(70-65-43)14-18-91-21-24-95-57-28-48(84)61(88)52(40-80)99-57)32-44-36-77(71-66-44)15-19-92-22-25-96-58-29-49(85)62(89)53(41-81)100-58/h35-38,47-63,79-90H,4-34,39-42H2,1-3H3/t47-,48-,49-,50-,51-,52-,53-,54-,55?,56-,57-,58-,59-,60-,61-,62-,63-/m1/s1. The van der Waals surface area contributed by atoms with Crippen LogP contribution in [0.25, 0.3) is 0 Å². The minimum atomic E-state index is -1.20. The van der Waals surface area contributed by atoms with E-state index in [-0.39, 0.29) is 76.8 Å². The van der Waals surface area contributed by atoms with E-state index in [1.54, 1.807) is 14.0 Å². The van der Waals surface area contributed by atoms with Gasteiger partial charge in [0.2, 0.25) is 0 Å². The molecule has 4 aliphatic rings. The molecule has 8 rings (SSSR count). The maximum absolute atomic E-state index is 10.2. The third kappa shape index (κ3) is 26.8. The summed E-state index contributed by atoms with van der Waals surface area (Å²) < 4.78 is 69.8. The highest BCUT2D eigenvalue weighted by molar-refractivity contribution is 5.01. The Kier molecular flexibility index (Phi) is 35.2. The molecule has 0 radical (unpaired) electrons. The lowest BCUT2D eigenvalue weighted by Crippen LogP contribution is -2.50. The average Bonchev–Trinajstić information content (AvgIpc) is 1.68. The van der Waals surface area contributed by atoms with Crippen LogP contribution in [0.4, 0.5) is 0 Å². The molecule has 12 N–H and O–H groups in total. The molecule has 101 heavy (non-hydrogen) atoms. The van der Waals surface area contributed by atoms with Crippen LogP contribution in [0.2, 0.25) is 0 Å². The molecule has 37 nitrogen and oxygen atoms in total. The second-order valence-electron chi connectivity index (χ2n) is 27.0. The van der Waals surface area contributed by atoms with Crippen LogP contribution in [0.5, 0.6) is 0 Å². The van der Waals surface area contributed by atoms with E-state index < -0.39 is 125 Å². The van der Waals surface area contributed by atoms with Gasteiger partial charge in [0.1, 0.15) is 48.8 Å². The van der Waals surface area contributed by atoms with Crippen LogP contribution in [-0.2, 0) is 104 Å². The van der Waals surface area contributed by atoms with Crippen molar-refractivity contribution in [1.29, 1.82) is 0 Å². The summed E-state index contributed by atoms with van der Waals surface area (Å²) in [5, 5.41) is 155. The van der Waals surface area contributed by atoms with Gasteiger partial charge in [-0.2, -0.15) is 0 Å². The Morgan fingerprint density at radius 1 is 0.436 bits per heavy atom. The van der Waals surface area contributed by atoms with Crippen LogP contribution in [0.15, 0.2) is 24.8 Å². The van der Waals surface area contributed by atoms with Gasteiger partial charge in [-0.15, -0.1) is 20.4 Å². The SMILES string of the molecule is CCCC(C)(C)C(CCCCN(Cc1cn(CCOCCO[C@H]2C[C@@H](O)[C@@H](O)[C@@H](CO)O2)nn1)Cc1cn(CCOCCO[C@H]2C[C@@H](O)[C@@H](O)[C@@H](CO)O2)nn1)N(Cc1cn(CCCCCO[C@H]2C[C@@H](O)[C@@H](O)[C@@H](CO)O2)nn1)Cc1cn(CCOCCO[C@H]2C[C@@H](O)[C@@H](O)[C@@H](CO)O2)nn1. The molecule has 8 heterocycles. The van der Waals surface area contributed by atoms with E-state index in [0.717, 1.165) is 74.1 Å².